The number of carbonyl (C=O) groups is 3. The molecule has 0 bridgehead atoms. The smallest absolute Gasteiger partial charge is 0.343 e. The first-order chi connectivity index (χ1) is 26.2. The molecule has 9 nitrogen and oxygen atoms in total. The number of ether oxygens (including phenoxy) is 4. The summed E-state index contributed by atoms with van der Waals surface area (Å²) in [5.41, 5.74) is 0.235. The summed E-state index contributed by atoms with van der Waals surface area (Å²) in [5, 5.41) is 1.70. The number of carbonyl (C=O) groups excluding carboxylic acids is 3. The Kier molecular flexibility index (Phi) is 11.0. The van der Waals surface area contributed by atoms with Crippen LogP contribution in [-0.2, 0) is 19.7 Å². The number of nitrogens with zero attached hydrogens (tertiary/aromatic N) is 2. The predicted octanol–water partition coefficient (Wildman–Crippen LogP) is 10.8. The number of fused-ring (bicyclic) bond motifs is 4. The van der Waals surface area contributed by atoms with Crippen LogP contribution in [0.2, 0.25) is 0 Å². The summed E-state index contributed by atoms with van der Waals surface area (Å²) in [5.74, 6) is -0.721. The predicted molar refractivity (Wildman–Crippen MR) is 225 cm³/mol. The van der Waals surface area contributed by atoms with Crippen LogP contribution >= 0.6 is 15.9 Å². The number of anilines is 1. The number of para-hydroxylation sites is 1. The van der Waals surface area contributed by atoms with Gasteiger partial charge < -0.3 is 23.8 Å². The fourth-order valence-corrected chi connectivity index (χ4v) is 7.92. The number of likely N-dealkylation sites (N-methyl/N-ethyl adjacent to an activating group) is 1. The van der Waals surface area contributed by atoms with Crippen LogP contribution in [0.25, 0.3) is 10.8 Å². The minimum Gasteiger partial charge on any atom is -0.465 e. The van der Waals surface area contributed by atoms with Crippen molar-refractivity contribution in [3.8, 4) is 17.2 Å². The second-order valence-corrected chi connectivity index (χ2v) is 19.3. The van der Waals surface area contributed by atoms with Gasteiger partial charge in [-0.15, -0.1) is 0 Å². The molecule has 0 amide bonds. The Balaban J connectivity index is 1.17. The Labute approximate surface area is 338 Å². The molecule has 0 aromatic heterocycles. The number of hydrogen-bond acceptors (Lipinski definition) is 9. The third-order valence-corrected chi connectivity index (χ3v) is 12.7. The highest BCUT2D eigenvalue weighted by molar-refractivity contribution is 9.10. The summed E-state index contributed by atoms with van der Waals surface area (Å²) in [6.07, 6.45) is 3.97. The van der Waals surface area contributed by atoms with Crippen LogP contribution in [0, 0.1) is 16.7 Å². The first-order valence-electron chi connectivity index (χ1n) is 19.3. The maximum atomic E-state index is 13.8. The lowest BCUT2D eigenvalue weighted by Crippen LogP contribution is -2.61. The fourth-order valence-electron chi connectivity index (χ4n) is 7.57. The maximum Gasteiger partial charge on any atom is 0.343 e. The zero-order valence-electron chi connectivity index (χ0n) is 34.1. The highest BCUT2D eigenvalue weighted by Crippen LogP contribution is 2.54. The molecule has 2 unspecified atom stereocenters. The molecule has 0 saturated heterocycles. The molecule has 2 atom stereocenters. The average molecular weight is 826 g/mol. The molecule has 56 heavy (non-hydrogen) atoms. The molecule has 4 aromatic carbocycles. The third kappa shape index (κ3) is 7.33. The monoisotopic (exact) mass is 824 g/mol. The molecule has 2 heterocycles. The highest BCUT2D eigenvalue weighted by atomic mass is 79.9. The number of hydrogen-bond donors (Lipinski definition) is 0. The minimum absolute atomic E-state index is 0.208. The van der Waals surface area contributed by atoms with Gasteiger partial charge in [0, 0.05) is 22.4 Å². The Hall–Kier alpha value is -4.70. The van der Waals surface area contributed by atoms with E-state index < -0.39 is 44.2 Å². The van der Waals surface area contributed by atoms with E-state index in [0.717, 1.165) is 29.3 Å². The van der Waals surface area contributed by atoms with Gasteiger partial charge in [0.05, 0.1) is 35.1 Å². The quantitative estimate of drug-likeness (QED) is 0.0602. The number of rotatable bonds is 12. The molecule has 10 heteroatoms. The van der Waals surface area contributed by atoms with E-state index >= 15 is 0 Å². The molecule has 296 valence electrons. The third-order valence-electron chi connectivity index (χ3n) is 12.2. The van der Waals surface area contributed by atoms with Gasteiger partial charge in [-0.25, -0.2) is 4.79 Å². The zero-order valence-corrected chi connectivity index (χ0v) is 35.7. The fraction of sp³-hybridized carbons (Fsp3) is 0.435. The Morgan fingerprint density at radius 2 is 1.59 bits per heavy atom. The number of halogens is 1. The van der Waals surface area contributed by atoms with Gasteiger partial charge in [-0.2, -0.15) is 0 Å². The van der Waals surface area contributed by atoms with Crippen molar-refractivity contribution in [2.24, 2.45) is 21.7 Å². The summed E-state index contributed by atoms with van der Waals surface area (Å²) in [7, 11) is 2.03. The number of alkyl halides is 1. The van der Waals surface area contributed by atoms with E-state index in [2.05, 4.69) is 46.8 Å². The topological polar surface area (TPSA) is 104 Å². The Morgan fingerprint density at radius 3 is 2.29 bits per heavy atom. The summed E-state index contributed by atoms with van der Waals surface area (Å²) in [6, 6.07) is 24.0. The van der Waals surface area contributed by atoms with Crippen molar-refractivity contribution in [3.63, 3.8) is 0 Å². The van der Waals surface area contributed by atoms with E-state index in [-0.39, 0.29) is 17.3 Å². The summed E-state index contributed by atoms with van der Waals surface area (Å²) in [6.45, 7) is 18.1. The molecular formula is C46H53BrN2O7. The van der Waals surface area contributed by atoms with Crippen molar-refractivity contribution in [2.75, 3.05) is 18.6 Å². The highest BCUT2D eigenvalue weighted by Gasteiger charge is 2.58. The van der Waals surface area contributed by atoms with Crippen molar-refractivity contribution in [1.82, 2.24) is 0 Å². The molecule has 0 aliphatic carbocycles. The number of benzene rings is 4. The van der Waals surface area contributed by atoms with E-state index in [1.54, 1.807) is 30.3 Å². The van der Waals surface area contributed by atoms with Gasteiger partial charge in [-0.1, -0.05) is 79.5 Å². The second kappa shape index (κ2) is 15.0. The van der Waals surface area contributed by atoms with Crippen LogP contribution < -0.4 is 19.1 Å². The molecule has 0 radical (unpaired) electrons. The molecule has 0 saturated carbocycles. The van der Waals surface area contributed by atoms with Gasteiger partial charge in [0.1, 0.15) is 22.9 Å². The number of unbranched alkanes of at least 4 members (excludes halogenated alkanes) is 1. The minimum atomic E-state index is -1.02. The molecule has 2 aliphatic heterocycles. The van der Waals surface area contributed by atoms with Crippen molar-refractivity contribution in [1.29, 1.82) is 0 Å². The van der Waals surface area contributed by atoms with Crippen molar-refractivity contribution in [2.45, 2.75) is 97.0 Å². The standard InChI is InChI=1S/C46H53BrN2O7/c1-11-12-24-53-40(51)35(45(8,9)47)27-42(2,3)44(6,7)41(52)55-31-17-15-16-30(25-31)39(50)54-32-22-20-29-21-23-37-38(33(29)26-32)48-28-46(56-37)43(4,5)34-18-13-14-19-36(34)49(46)10/h13-23,25-26,28,35H,11-12,24,27H2,1-10H3. The molecule has 0 N–H and O–H groups in total. The lowest BCUT2D eigenvalue weighted by Gasteiger charge is -2.45. The Morgan fingerprint density at radius 1 is 0.893 bits per heavy atom. The normalized spacial score (nSPS) is 17.9. The second-order valence-electron chi connectivity index (χ2n) is 17.2. The Bertz CT molecular complexity index is 2200. The van der Waals surface area contributed by atoms with Gasteiger partial charge in [-0.3, -0.25) is 14.6 Å². The number of esters is 3. The lowest BCUT2D eigenvalue weighted by atomic mass is 9.62. The van der Waals surface area contributed by atoms with Gasteiger partial charge in [0.25, 0.3) is 0 Å². The summed E-state index contributed by atoms with van der Waals surface area (Å²) >= 11 is 3.69. The van der Waals surface area contributed by atoms with Gasteiger partial charge in [-0.05, 0) is 113 Å². The van der Waals surface area contributed by atoms with Crippen LogP contribution in [0.4, 0.5) is 11.4 Å². The molecule has 0 fully saturated rings. The molecule has 4 aromatic rings. The van der Waals surface area contributed by atoms with Crippen LogP contribution in [0.5, 0.6) is 17.2 Å². The first-order valence-corrected chi connectivity index (χ1v) is 20.1. The van der Waals surface area contributed by atoms with Crippen LogP contribution in [0.15, 0.2) is 83.9 Å². The van der Waals surface area contributed by atoms with Gasteiger partial charge >= 0.3 is 17.9 Å². The van der Waals surface area contributed by atoms with Crippen LogP contribution in [-0.4, -0.2) is 47.8 Å². The largest absolute Gasteiger partial charge is 0.465 e. The van der Waals surface area contributed by atoms with E-state index in [1.165, 1.54) is 11.6 Å². The summed E-state index contributed by atoms with van der Waals surface area (Å²) < 4.78 is 23.7. The maximum absolute atomic E-state index is 13.8. The summed E-state index contributed by atoms with van der Waals surface area (Å²) in [4.78, 5) is 47.6. The van der Waals surface area contributed by atoms with Crippen LogP contribution in [0.3, 0.4) is 0 Å². The molecule has 1 spiro atoms. The van der Waals surface area contributed by atoms with Crippen LogP contribution in [0.1, 0.15) is 97.5 Å². The van der Waals surface area contributed by atoms with E-state index in [4.69, 9.17) is 23.9 Å². The van der Waals surface area contributed by atoms with E-state index in [1.807, 2.05) is 92.1 Å². The van der Waals surface area contributed by atoms with E-state index in [0.29, 0.717) is 30.2 Å². The van der Waals surface area contributed by atoms with Crippen molar-refractivity contribution in [3.05, 3.63) is 90.0 Å². The zero-order chi connectivity index (χ0) is 40.8. The lowest BCUT2D eigenvalue weighted by molar-refractivity contribution is -0.157. The SMILES string of the molecule is CCCCOC(=O)C(CC(C)(C)C(C)(C)C(=O)Oc1cccc(C(=O)Oc2ccc3ccc4c(c3c2)N=CC2(O4)N(C)c3ccccc3C2(C)C)c1)C(C)(C)Br. The van der Waals surface area contributed by atoms with Crippen molar-refractivity contribution >= 4 is 62.2 Å². The van der Waals surface area contributed by atoms with Gasteiger partial charge in [0.15, 0.2) is 0 Å². The average Bonchev–Trinajstić information content (AvgIpc) is 3.30. The first kappa shape index (κ1) is 40.9. The number of aliphatic imine (C=N–C) groups is 1. The molecule has 6 rings (SSSR count). The molecule has 2 aliphatic rings. The van der Waals surface area contributed by atoms with Crippen molar-refractivity contribution < 1.29 is 33.3 Å². The molecular weight excluding hydrogens is 772 g/mol. The van der Waals surface area contributed by atoms with E-state index in [9.17, 15) is 14.4 Å². The van der Waals surface area contributed by atoms with Gasteiger partial charge in [0.2, 0.25) is 5.72 Å².